The third kappa shape index (κ3) is 3.51. The summed E-state index contributed by atoms with van der Waals surface area (Å²) < 4.78 is 5.28. The summed E-state index contributed by atoms with van der Waals surface area (Å²) in [5.74, 6) is 0.610. The molecule has 0 atom stereocenters. The largest absolute Gasteiger partial charge is 0.462 e. The van der Waals surface area contributed by atoms with Crippen molar-refractivity contribution in [2.45, 2.75) is 37.7 Å². The Hall–Kier alpha value is -1.66. The molecule has 0 aliphatic heterocycles. The summed E-state index contributed by atoms with van der Waals surface area (Å²) in [7, 11) is 0. The number of hydrogen-bond donors (Lipinski definition) is 2. The topological polar surface area (TPSA) is 75.4 Å². The Morgan fingerprint density at radius 3 is 3.00 bits per heavy atom. The monoisotopic (exact) mass is 306 g/mol. The summed E-state index contributed by atoms with van der Waals surface area (Å²) in [5, 5.41) is 15.6. The van der Waals surface area contributed by atoms with Crippen molar-refractivity contribution in [3.05, 3.63) is 29.5 Å². The van der Waals surface area contributed by atoms with E-state index in [1.807, 2.05) is 17.5 Å². The fraction of sp³-hybridized carbons (Fsp3) is 0.467. The zero-order chi connectivity index (χ0) is 14.7. The molecule has 6 heteroatoms. The number of carbonyl (C=O) groups is 1. The van der Waals surface area contributed by atoms with E-state index in [1.54, 1.807) is 6.26 Å². The van der Waals surface area contributed by atoms with Crippen LogP contribution in [0.25, 0.3) is 10.8 Å². The molecule has 0 unspecified atom stereocenters. The summed E-state index contributed by atoms with van der Waals surface area (Å²) in [4.78, 5) is 16.3. The summed E-state index contributed by atoms with van der Waals surface area (Å²) in [6, 6.07) is 3.66. The van der Waals surface area contributed by atoms with Crippen molar-refractivity contribution in [3.63, 3.8) is 0 Å². The van der Waals surface area contributed by atoms with Crippen molar-refractivity contribution in [2.24, 2.45) is 0 Å². The molecule has 21 heavy (non-hydrogen) atoms. The molecule has 1 fully saturated rings. The highest BCUT2D eigenvalue weighted by atomic mass is 32.1. The second-order valence-electron chi connectivity index (χ2n) is 5.51. The van der Waals surface area contributed by atoms with E-state index in [1.165, 1.54) is 11.3 Å². The zero-order valence-electron chi connectivity index (χ0n) is 11.7. The number of thiazole rings is 1. The van der Waals surface area contributed by atoms with Crippen LogP contribution in [0.4, 0.5) is 0 Å². The van der Waals surface area contributed by atoms with E-state index in [2.05, 4.69) is 10.3 Å². The molecule has 1 saturated carbocycles. The van der Waals surface area contributed by atoms with E-state index in [0.717, 1.165) is 36.4 Å². The SMILES string of the molecule is O=C(Cc1csc(-c2ccco2)n1)NCC1(O)CCCC1. The zero-order valence-corrected chi connectivity index (χ0v) is 12.5. The van der Waals surface area contributed by atoms with Crippen LogP contribution in [0.3, 0.4) is 0 Å². The molecule has 0 saturated heterocycles. The molecular weight excluding hydrogens is 288 g/mol. The predicted molar refractivity (Wildman–Crippen MR) is 79.9 cm³/mol. The number of amides is 1. The van der Waals surface area contributed by atoms with Gasteiger partial charge in [0, 0.05) is 11.9 Å². The minimum atomic E-state index is -0.711. The minimum Gasteiger partial charge on any atom is -0.462 e. The number of rotatable bonds is 5. The third-order valence-electron chi connectivity index (χ3n) is 3.77. The Labute approximate surface area is 127 Å². The second kappa shape index (κ2) is 5.99. The van der Waals surface area contributed by atoms with Crippen LogP contribution in [0.5, 0.6) is 0 Å². The minimum absolute atomic E-state index is 0.105. The van der Waals surface area contributed by atoms with E-state index in [0.29, 0.717) is 12.3 Å². The number of nitrogens with zero attached hydrogens (tertiary/aromatic N) is 1. The van der Waals surface area contributed by atoms with Gasteiger partial charge in [-0.25, -0.2) is 4.98 Å². The van der Waals surface area contributed by atoms with Gasteiger partial charge in [0.2, 0.25) is 5.91 Å². The molecule has 112 valence electrons. The van der Waals surface area contributed by atoms with Gasteiger partial charge in [-0.2, -0.15) is 0 Å². The van der Waals surface area contributed by atoms with Crippen molar-refractivity contribution in [1.82, 2.24) is 10.3 Å². The quantitative estimate of drug-likeness (QED) is 0.889. The van der Waals surface area contributed by atoms with Gasteiger partial charge < -0.3 is 14.8 Å². The van der Waals surface area contributed by atoms with E-state index in [-0.39, 0.29) is 12.3 Å². The van der Waals surface area contributed by atoms with Crippen molar-refractivity contribution in [2.75, 3.05) is 6.54 Å². The van der Waals surface area contributed by atoms with Crippen LogP contribution in [0, 0.1) is 0 Å². The first kappa shape index (κ1) is 14.3. The molecule has 5 nitrogen and oxygen atoms in total. The van der Waals surface area contributed by atoms with Gasteiger partial charge in [0.25, 0.3) is 0 Å². The van der Waals surface area contributed by atoms with Gasteiger partial charge in [0.15, 0.2) is 10.8 Å². The number of carbonyl (C=O) groups excluding carboxylic acids is 1. The highest BCUT2D eigenvalue weighted by Crippen LogP contribution is 2.28. The molecule has 0 radical (unpaired) electrons. The average Bonchev–Trinajstić information content (AvgIpc) is 3.17. The summed E-state index contributed by atoms with van der Waals surface area (Å²) in [5.41, 5.74) is 0.0131. The van der Waals surface area contributed by atoms with Gasteiger partial charge in [-0.3, -0.25) is 4.79 Å². The van der Waals surface area contributed by atoms with Crippen LogP contribution in [-0.2, 0) is 11.2 Å². The molecule has 1 aliphatic carbocycles. The number of hydrogen-bond acceptors (Lipinski definition) is 5. The van der Waals surface area contributed by atoms with Crippen LogP contribution in [0.15, 0.2) is 28.2 Å². The lowest BCUT2D eigenvalue weighted by atomic mass is 10.0. The molecule has 2 aromatic heterocycles. The summed E-state index contributed by atoms with van der Waals surface area (Å²) in [6.45, 7) is 0.334. The van der Waals surface area contributed by atoms with Crippen molar-refractivity contribution in [3.8, 4) is 10.8 Å². The third-order valence-corrected chi connectivity index (χ3v) is 4.68. The highest BCUT2D eigenvalue weighted by Gasteiger charge is 2.31. The van der Waals surface area contributed by atoms with Gasteiger partial charge in [-0.15, -0.1) is 11.3 Å². The van der Waals surface area contributed by atoms with Gasteiger partial charge >= 0.3 is 0 Å². The lowest BCUT2D eigenvalue weighted by Crippen LogP contribution is -2.41. The van der Waals surface area contributed by atoms with Crippen LogP contribution < -0.4 is 5.32 Å². The van der Waals surface area contributed by atoms with Gasteiger partial charge in [-0.1, -0.05) is 12.8 Å². The number of aromatic nitrogens is 1. The maximum atomic E-state index is 11.9. The Balaban J connectivity index is 1.53. The second-order valence-corrected chi connectivity index (χ2v) is 6.36. The number of nitrogens with one attached hydrogen (secondary N) is 1. The Morgan fingerprint density at radius 1 is 1.48 bits per heavy atom. The fourth-order valence-corrected chi connectivity index (χ4v) is 3.39. The van der Waals surface area contributed by atoms with Gasteiger partial charge in [0.1, 0.15) is 0 Å². The lowest BCUT2D eigenvalue weighted by molar-refractivity contribution is -0.121. The molecule has 1 amide bonds. The smallest absolute Gasteiger partial charge is 0.226 e. The number of furan rings is 1. The van der Waals surface area contributed by atoms with E-state index >= 15 is 0 Å². The van der Waals surface area contributed by atoms with Crippen molar-refractivity contribution < 1.29 is 14.3 Å². The van der Waals surface area contributed by atoms with Gasteiger partial charge in [0.05, 0.1) is 24.0 Å². The lowest BCUT2D eigenvalue weighted by Gasteiger charge is -2.22. The molecule has 3 rings (SSSR count). The molecule has 1 aliphatic rings. The molecule has 0 spiro atoms. The first-order valence-corrected chi connectivity index (χ1v) is 8.00. The summed E-state index contributed by atoms with van der Waals surface area (Å²) in [6.07, 6.45) is 5.44. The first-order chi connectivity index (χ1) is 10.1. The van der Waals surface area contributed by atoms with E-state index < -0.39 is 5.60 Å². The normalized spacial score (nSPS) is 17.0. The molecule has 0 bridgehead atoms. The van der Waals surface area contributed by atoms with Crippen molar-refractivity contribution in [1.29, 1.82) is 0 Å². The standard InChI is InChI=1S/C15H18N2O3S/c18-13(16-10-15(19)5-1-2-6-15)8-11-9-21-14(17-11)12-4-3-7-20-12/h3-4,7,9,19H,1-2,5-6,8,10H2,(H,16,18). The van der Waals surface area contributed by atoms with Crippen LogP contribution in [0.2, 0.25) is 0 Å². The van der Waals surface area contributed by atoms with E-state index in [4.69, 9.17) is 4.42 Å². The molecule has 2 aromatic rings. The maximum Gasteiger partial charge on any atom is 0.226 e. The Kier molecular flexibility index (Phi) is 4.07. The fourth-order valence-electron chi connectivity index (χ4n) is 2.60. The Bertz CT molecular complexity index is 600. The summed E-state index contributed by atoms with van der Waals surface area (Å²) >= 11 is 1.46. The van der Waals surface area contributed by atoms with Crippen LogP contribution >= 0.6 is 11.3 Å². The molecule has 2 heterocycles. The number of aliphatic hydroxyl groups is 1. The highest BCUT2D eigenvalue weighted by molar-refractivity contribution is 7.13. The van der Waals surface area contributed by atoms with Gasteiger partial charge in [-0.05, 0) is 25.0 Å². The molecular formula is C15H18N2O3S. The van der Waals surface area contributed by atoms with E-state index in [9.17, 15) is 9.90 Å². The Morgan fingerprint density at radius 2 is 2.29 bits per heavy atom. The molecule has 2 N–H and O–H groups in total. The van der Waals surface area contributed by atoms with Crippen molar-refractivity contribution >= 4 is 17.2 Å². The first-order valence-electron chi connectivity index (χ1n) is 7.12. The van der Waals surface area contributed by atoms with Crippen LogP contribution in [-0.4, -0.2) is 28.1 Å². The predicted octanol–water partition coefficient (Wildman–Crippen LogP) is 2.37. The molecule has 0 aromatic carbocycles. The maximum absolute atomic E-state index is 11.9. The van der Waals surface area contributed by atoms with Crippen LogP contribution in [0.1, 0.15) is 31.4 Å². The average molecular weight is 306 g/mol.